The number of carbonyl (C=O) groups excluding carboxylic acids is 1. The van der Waals surface area contributed by atoms with Crippen molar-refractivity contribution in [2.24, 2.45) is 0 Å². The average Bonchev–Trinajstić information content (AvgIpc) is 2.20. The Morgan fingerprint density at radius 1 is 1.47 bits per heavy atom. The molecule has 0 aromatic heterocycles. The van der Waals surface area contributed by atoms with Crippen LogP contribution < -0.4 is 5.32 Å². The van der Waals surface area contributed by atoms with Crippen molar-refractivity contribution >= 4 is 17.5 Å². The summed E-state index contributed by atoms with van der Waals surface area (Å²) in [6.45, 7) is 0.472. The molecule has 1 aliphatic rings. The fourth-order valence-electron chi connectivity index (χ4n) is 1.88. The van der Waals surface area contributed by atoms with Crippen LogP contribution in [-0.2, 0) is 4.79 Å². The molecule has 1 saturated heterocycles. The van der Waals surface area contributed by atoms with Gasteiger partial charge in [0.2, 0.25) is 5.91 Å². The highest BCUT2D eigenvalue weighted by Crippen LogP contribution is 2.31. The molecule has 0 aliphatic carbocycles. The molecule has 0 spiro atoms. The number of rotatable bonds is 1. The molecular formula is C11H11ClFNO. The molecule has 0 radical (unpaired) electrons. The van der Waals surface area contributed by atoms with E-state index in [1.165, 1.54) is 6.07 Å². The smallest absolute Gasteiger partial charge is 0.220 e. The first-order valence-corrected chi connectivity index (χ1v) is 5.27. The van der Waals surface area contributed by atoms with Gasteiger partial charge in [-0.15, -0.1) is 0 Å². The van der Waals surface area contributed by atoms with Crippen molar-refractivity contribution in [1.29, 1.82) is 0 Å². The van der Waals surface area contributed by atoms with Gasteiger partial charge in [0.05, 0.1) is 0 Å². The lowest BCUT2D eigenvalue weighted by atomic mass is 9.91. The lowest BCUT2D eigenvalue weighted by molar-refractivity contribution is -0.122. The summed E-state index contributed by atoms with van der Waals surface area (Å²) in [7, 11) is 0. The summed E-state index contributed by atoms with van der Waals surface area (Å²) in [5, 5.41) is 3.16. The molecule has 1 heterocycles. The van der Waals surface area contributed by atoms with Crippen molar-refractivity contribution in [2.45, 2.75) is 18.8 Å². The van der Waals surface area contributed by atoms with E-state index >= 15 is 0 Å². The third-order valence-electron chi connectivity index (χ3n) is 2.67. The zero-order chi connectivity index (χ0) is 10.8. The fourth-order valence-corrected chi connectivity index (χ4v) is 2.20. The molecule has 1 amide bonds. The van der Waals surface area contributed by atoms with Crippen molar-refractivity contribution in [1.82, 2.24) is 5.32 Å². The van der Waals surface area contributed by atoms with E-state index in [0.717, 1.165) is 0 Å². The van der Waals surface area contributed by atoms with Gasteiger partial charge < -0.3 is 5.32 Å². The van der Waals surface area contributed by atoms with Gasteiger partial charge in [0.15, 0.2) is 0 Å². The van der Waals surface area contributed by atoms with Gasteiger partial charge in [-0.3, -0.25) is 4.79 Å². The van der Waals surface area contributed by atoms with Crippen LogP contribution in [0, 0.1) is 5.82 Å². The van der Waals surface area contributed by atoms with Crippen LogP contribution in [0.1, 0.15) is 24.3 Å². The second kappa shape index (κ2) is 4.19. The quantitative estimate of drug-likeness (QED) is 0.785. The Balaban J connectivity index is 2.26. The molecule has 1 unspecified atom stereocenters. The van der Waals surface area contributed by atoms with E-state index in [-0.39, 0.29) is 17.6 Å². The van der Waals surface area contributed by atoms with Crippen molar-refractivity contribution < 1.29 is 9.18 Å². The van der Waals surface area contributed by atoms with Gasteiger partial charge in [-0.05, 0) is 18.6 Å². The molecular weight excluding hydrogens is 217 g/mol. The second-order valence-corrected chi connectivity index (χ2v) is 4.08. The standard InChI is InChI=1S/C11H11ClFNO/c12-8-2-1-3-9(13)11(8)7-4-5-10(15)14-6-7/h1-3,7H,4-6H2,(H,14,15). The maximum Gasteiger partial charge on any atom is 0.220 e. The van der Waals surface area contributed by atoms with Crippen molar-refractivity contribution in [3.63, 3.8) is 0 Å². The summed E-state index contributed by atoms with van der Waals surface area (Å²) in [4.78, 5) is 11.0. The molecule has 1 fully saturated rings. The van der Waals surface area contributed by atoms with Crippen LogP contribution >= 0.6 is 11.6 Å². The minimum Gasteiger partial charge on any atom is -0.355 e. The number of carbonyl (C=O) groups is 1. The molecule has 1 aromatic rings. The summed E-state index contributed by atoms with van der Waals surface area (Å²) in [6, 6.07) is 4.66. The van der Waals surface area contributed by atoms with Gasteiger partial charge in [-0.2, -0.15) is 0 Å². The molecule has 15 heavy (non-hydrogen) atoms. The second-order valence-electron chi connectivity index (χ2n) is 3.68. The van der Waals surface area contributed by atoms with E-state index in [9.17, 15) is 9.18 Å². The average molecular weight is 228 g/mol. The first kappa shape index (κ1) is 10.4. The summed E-state index contributed by atoms with van der Waals surface area (Å²) in [5.74, 6) is -0.265. The SMILES string of the molecule is O=C1CCC(c2c(F)cccc2Cl)CN1. The minimum atomic E-state index is -0.288. The molecule has 4 heteroatoms. The van der Waals surface area contributed by atoms with E-state index in [2.05, 4.69) is 5.32 Å². The van der Waals surface area contributed by atoms with Crippen LogP contribution in [0.15, 0.2) is 18.2 Å². The number of nitrogens with one attached hydrogen (secondary N) is 1. The molecule has 1 aromatic carbocycles. The van der Waals surface area contributed by atoms with Crippen LogP contribution in [-0.4, -0.2) is 12.5 Å². The van der Waals surface area contributed by atoms with Crippen molar-refractivity contribution in [3.05, 3.63) is 34.6 Å². The first-order valence-electron chi connectivity index (χ1n) is 4.89. The van der Waals surface area contributed by atoms with Crippen LogP contribution in [0.5, 0.6) is 0 Å². The van der Waals surface area contributed by atoms with Crippen molar-refractivity contribution in [2.75, 3.05) is 6.54 Å². The van der Waals surface area contributed by atoms with Crippen LogP contribution in [0.3, 0.4) is 0 Å². The highest BCUT2D eigenvalue weighted by atomic mass is 35.5. The van der Waals surface area contributed by atoms with Crippen LogP contribution in [0.25, 0.3) is 0 Å². The number of hydrogen-bond acceptors (Lipinski definition) is 1. The zero-order valence-corrected chi connectivity index (χ0v) is 8.85. The lowest BCUT2D eigenvalue weighted by Gasteiger charge is -2.23. The Morgan fingerprint density at radius 2 is 2.27 bits per heavy atom. The summed E-state index contributed by atoms with van der Waals surface area (Å²) in [6.07, 6.45) is 1.10. The predicted molar refractivity (Wildman–Crippen MR) is 56.4 cm³/mol. The molecule has 1 aliphatic heterocycles. The fraction of sp³-hybridized carbons (Fsp3) is 0.364. The topological polar surface area (TPSA) is 29.1 Å². The Hall–Kier alpha value is -1.09. The van der Waals surface area contributed by atoms with E-state index < -0.39 is 0 Å². The summed E-state index contributed by atoms with van der Waals surface area (Å²) >= 11 is 5.95. The Labute approximate surface area is 92.4 Å². The zero-order valence-electron chi connectivity index (χ0n) is 8.09. The third kappa shape index (κ3) is 2.12. The predicted octanol–water partition coefficient (Wildman–Crippen LogP) is 2.47. The Morgan fingerprint density at radius 3 is 2.87 bits per heavy atom. The molecule has 80 valence electrons. The van der Waals surface area contributed by atoms with Gasteiger partial charge >= 0.3 is 0 Å². The minimum absolute atomic E-state index is 0.00333. The summed E-state index contributed by atoms with van der Waals surface area (Å²) in [5.41, 5.74) is 0.527. The maximum absolute atomic E-state index is 13.5. The molecule has 1 atom stereocenters. The Bertz CT molecular complexity index is 364. The Kier molecular flexibility index (Phi) is 2.91. The summed E-state index contributed by atoms with van der Waals surface area (Å²) < 4.78 is 13.5. The molecule has 2 rings (SSSR count). The van der Waals surface area contributed by atoms with E-state index in [1.807, 2.05) is 0 Å². The molecule has 0 saturated carbocycles. The largest absolute Gasteiger partial charge is 0.355 e. The van der Waals surface area contributed by atoms with Crippen molar-refractivity contribution in [3.8, 4) is 0 Å². The number of benzene rings is 1. The maximum atomic E-state index is 13.5. The monoisotopic (exact) mass is 227 g/mol. The number of hydrogen-bond donors (Lipinski definition) is 1. The lowest BCUT2D eigenvalue weighted by Crippen LogP contribution is -2.34. The van der Waals surface area contributed by atoms with E-state index in [1.54, 1.807) is 12.1 Å². The highest BCUT2D eigenvalue weighted by Gasteiger charge is 2.23. The number of halogens is 2. The highest BCUT2D eigenvalue weighted by molar-refractivity contribution is 6.31. The third-order valence-corrected chi connectivity index (χ3v) is 3.00. The molecule has 1 N–H and O–H groups in total. The number of amides is 1. The van der Waals surface area contributed by atoms with Gasteiger partial charge in [0.1, 0.15) is 5.82 Å². The van der Waals surface area contributed by atoms with Gasteiger partial charge in [-0.25, -0.2) is 4.39 Å². The van der Waals surface area contributed by atoms with Gasteiger partial charge in [0.25, 0.3) is 0 Å². The van der Waals surface area contributed by atoms with Gasteiger partial charge in [-0.1, -0.05) is 17.7 Å². The van der Waals surface area contributed by atoms with E-state index in [0.29, 0.717) is 30.0 Å². The van der Waals surface area contributed by atoms with E-state index in [4.69, 9.17) is 11.6 Å². The normalized spacial score (nSPS) is 21.2. The van der Waals surface area contributed by atoms with Crippen LogP contribution in [0.2, 0.25) is 5.02 Å². The number of piperidine rings is 1. The van der Waals surface area contributed by atoms with Gasteiger partial charge in [0, 0.05) is 29.5 Å². The van der Waals surface area contributed by atoms with Crippen LogP contribution in [0.4, 0.5) is 4.39 Å². The first-order chi connectivity index (χ1) is 7.18. The molecule has 0 bridgehead atoms. The molecule has 2 nitrogen and oxygen atoms in total.